The van der Waals surface area contributed by atoms with Gasteiger partial charge in [0.1, 0.15) is 18.5 Å². The molecule has 1 heterocycles. The number of hydrogen-bond donors (Lipinski definition) is 1. The van der Waals surface area contributed by atoms with Crippen molar-refractivity contribution in [2.24, 2.45) is 0 Å². The van der Waals surface area contributed by atoms with E-state index in [1.165, 1.54) is 11.0 Å². The number of rotatable bonds is 1. The molecule has 16 heavy (non-hydrogen) atoms. The molecule has 2 aromatic rings. The molecule has 1 aromatic carbocycles. The van der Waals surface area contributed by atoms with Crippen molar-refractivity contribution in [1.29, 1.82) is 10.5 Å². The monoisotopic (exact) mass is 210 g/mol. The molecule has 6 nitrogen and oxygen atoms in total. The highest BCUT2D eigenvalue weighted by molar-refractivity contribution is 5.58. The summed E-state index contributed by atoms with van der Waals surface area (Å²) in [6, 6.07) is 8.70. The first-order valence-electron chi connectivity index (χ1n) is 4.36. The van der Waals surface area contributed by atoms with Crippen molar-refractivity contribution < 1.29 is 0 Å². The number of anilines is 1. The van der Waals surface area contributed by atoms with Crippen LogP contribution in [0.3, 0.4) is 0 Å². The van der Waals surface area contributed by atoms with Crippen molar-refractivity contribution in [2.75, 3.05) is 5.73 Å². The van der Waals surface area contributed by atoms with Gasteiger partial charge in [-0.2, -0.15) is 10.5 Å². The van der Waals surface area contributed by atoms with E-state index < -0.39 is 0 Å². The smallest absolute Gasteiger partial charge is 0.252 e. The normalized spacial score (nSPS) is 9.38. The van der Waals surface area contributed by atoms with Crippen molar-refractivity contribution >= 4 is 5.69 Å². The van der Waals surface area contributed by atoms with Crippen LogP contribution >= 0.6 is 0 Å². The van der Waals surface area contributed by atoms with E-state index in [9.17, 15) is 0 Å². The minimum Gasteiger partial charge on any atom is -0.398 e. The lowest BCUT2D eigenvalue weighted by Crippen LogP contribution is -1.98. The standard InChI is InChI=1S/C10H6N6/c11-4-7-3-8(1-2-9(7)13)16-6-14-10(5-12)15-16/h1-3,6H,13H2. The predicted molar refractivity (Wildman–Crippen MR) is 55.2 cm³/mol. The Hall–Kier alpha value is -2.86. The van der Waals surface area contributed by atoms with E-state index in [4.69, 9.17) is 16.3 Å². The molecule has 0 spiro atoms. The first-order chi connectivity index (χ1) is 7.74. The van der Waals surface area contributed by atoms with Crippen LogP contribution < -0.4 is 5.73 Å². The van der Waals surface area contributed by atoms with Gasteiger partial charge in [-0.1, -0.05) is 0 Å². The zero-order chi connectivity index (χ0) is 11.5. The molecule has 0 aliphatic heterocycles. The first-order valence-corrected chi connectivity index (χ1v) is 4.36. The van der Waals surface area contributed by atoms with E-state index in [1.807, 2.05) is 12.1 Å². The summed E-state index contributed by atoms with van der Waals surface area (Å²) in [6.45, 7) is 0. The van der Waals surface area contributed by atoms with Crippen LogP contribution in [0.5, 0.6) is 0 Å². The number of hydrogen-bond acceptors (Lipinski definition) is 5. The van der Waals surface area contributed by atoms with Gasteiger partial charge >= 0.3 is 0 Å². The van der Waals surface area contributed by atoms with Crippen molar-refractivity contribution in [1.82, 2.24) is 14.8 Å². The van der Waals surface area contributed by atoms with E-state index in [1.54, 1.807) is 18.2 Å². The Bertz CT molecular complexity index is 613. The Morgan fingerprint density at radius 3 is 2.69 bits per heavy atom. The maximum absolute atomic E-state index is 8.81. The summed E-state index contributed by atoms with van der Waals surface area (Å²) in [5.41, 5.74) is 7.00. The molecule has 0 atom stereocenters. The molecule has 6 heteroatoms. The number of nitrogens with zero attached hydrogens (tertiary/aromatic N) is 5. The van der Waals surface area contributed by atoms with Crippen molar-refractivity contribution in [2.45, 2.75) is 0 Å². The van der Waals surface area contributed by atoms with E-state index in [0.717, 1.165) is 0 Å². The number of nitriles is 2. The van der Waals surface area contributed by atoms with Crippen LogP contribution in [0, 0.1) is 22.7 Å². The molecule has 0 aliphatic rings. The lowest BCUT2D eigenvalue weighted by Gasteiger charge is -2.02. The molecule has 76 valence electrons. The molecule has 0 radical (unpaired) electrons. The third kappa shape index (κ3) is 1.56. The Morgan fingerprint density at radius 2 is 2.06 bits per heavy atom. The Labute approximate surface area is 91.2 Å². The lowest BCUT2D eigenvalue weighted by atomic mass is 10.2. The summed E-state index contributed by atoms with van der Waals surface area (Å²) in [6.07, 6.45) is 1.41. The summed E-state index contributed by atoms with van der Waals surface area (Å²) >= 11 is 0. The minimum atomic E-state index is 0.0790. The first kappa shape index (κ1) is 9.69. The Morgan fingerprint density at radius 1 is 1.25 bits per heavy atom. The number of benzene rings is 1. The van der Waals surface area contributed by atoms with Gasteiger partial charge < -0.3 is 5.73 Å². The zero-order valence-corrected chi connectivity index (χ0v) is 8.12. The topological polar surface area (TPSA) is 104 Å². The third-order valence-corrected chi connectivity index (χ3v) is 2.01. The largest absolute Gasteiger partial charge is 0.398 e. The molecule has 0 saturated heterocycles. The molecule has 0 bridgehead atoms. The van der Waals surface area contributed by atoms with Crippen molar-refractivity contribution in [3.8, 4) is 17.8 Å². The molecule has 0 fully saturated rings. The summed E-state index contributed by atoms with van der Waals surface area (Å²) in [5, 5.41) is 21.3. The molecule has 2 rings (SSSR count). The molecule has 0 amide bonds. The van der Waals surface area contributed by atoms with Crippen molar-refractivity contribution in [3.63, 3.8) is 0 Å². The molecule has 2 N–H and O–H groups in total. The van der Waals surface area contributed by atoms with Crippen molar-refractivity contribution in [3.05, 3.63) is 35.9 Å². The summed E-state index contributed by atoms with van der Waals surface area (Å²) < 4.78 is 1.42. The SMILES string of the molecule is N#Cc1ncn(-c2ccc(N)c(C#N)c2)n1. The fraction of sp³-hybridized carbons (Fsp3) is 0. The van der Waals surface area contributed by atoms with Gasteiger partial charge in [-0.3, -0.25) is 0 Å². The molecular weight excluding hydrogens is 204 g/mol. The fourth-order valence-corrected chi connectivity index (χ4v) is 1.22. The van der Waals surface area contributed by atoms with E-state index in [2.05, 4.69) is 10.1 Å². The van der Waals surface area contributed by atoms with E-state index in [-0.39, 0.29) is 5.82 Å². The highest BCUT2D eigenvalue weighted by Crippen LogP contribution is 2.15. The lowest BCUT2D eigenvalue weighted by molar-refractivity contribution is 0.872. The maximum Gasteiger partial charge on any atom is 0.252 e. The second-order valence-corrected chi connectivity index (χ2v) is 3.01. The van der Waals surface area contributed by atoms with Crippen LogP contribution in [0.2, 0.25) is 0 Å². The Balaban J connectivity index is 2.50. The van der Waals surface area contributed by atoms with E-state index in [0.29, 0.717) is 16.9 Å². The molecule has 0 saturated carbocycles. The summed E-state index contributed by atoms with van der Waals surface area (Å²) in [4.78, 5) is 3.77. The van der Waals surface area contributed by atoms with E-state index >= 15 is 0 Å². The predicted octanol–water partition coefficient (Wildman–Crippen LogP) is 0.593. The zero-order valence-electron chi connectivity index (χ0n) is 8.12. The van der Waals surface area contributed by atoms with Gasteiger partial charge in [0.05, 0.1) is 11.3 Å². The molecule has 0 aliphatic carbocycles. The van der Waals surface area contributed by atoms with Gasteiger partial charge in [0.15, 0.2) is 0 Å². The minimum absolute atomic E-state index is 0.0790. The van der Waals surface area contributed by atoms with Gasteiger partial charge in [-0.15, -0.1) is 5.10 Å². The average molecular weight is 210 g/mol. The second-order valence-electron chi connectivity index (χ2n) is 3.01. The van der Waals surface area contributed by atoms with Crippen LogP contribution in [0.25, 0.3) is 5.69 Å². The quantitative estimate of drug-likeness (QED) is 0.693. The second kappa shape index (κ2) is 3.71. The van der Waals surface area contributed by atoms with Gasteiger partial charge in [-0.05, 0) is 18.2 Å². The van der Waals surface area contributed by atoms with Crippen LogP contribution in [-0.4, -0.2) is 14.8 Å². The average Bonchev–Trinajstić information content (AvgIpc) is 2.78. The van der Waals surface area contributed by atoms with Gasteiger partial charge in [-0.25, -0.2) is 9.67 Å². The third-order valence-electron chi connectivity index (χ3n) is 2.01. The number of nitrogen functional groups attached to an aromatic ring is 1. The number of aromatic nitrogens is 3. The summed E-state index contributed by atoms with van der Waals surface area (Å²) in [7, 11) is 0. The van der Waals surface area contributed by atoms with Gasteiger partial charge in [0, 0.05) is 5.69 Å². The van der Waals surface area contributed by atoms with Crippen LogP contribution in [-0.2, 0) is 0 Å². The van der Waals surface area contributed by atoms with Gasteiger partial charge in [0.25, 0.3) is 5.82 Å². The highest BCUT2D eigenvalue weighted by Gasteiger charge is 2.04. The summed E-state index contributed by atoms with van der Waals surface area (Å²) in [5.74, 6) is 0.0790. The Kier molecular flexibility index (Phi) is 2.25. The molecule has 0 unspecified atom stereocenters. The maximum atomic E-state index is 8.81. The van der Waals surface area contributed by atoms with Crippen LogP contribution in [0.1, 0.15) is 11.4 Å². The van der Waals surface area contributed by atoms with Gasteiger partial charge in [0.2, 0.25) is 0 Å². The highest BCUT2D eigenvalue weighted by atomic mass is 15.3. The van der Waals surface area contributed by atoms with Crippen LogP contribution in [0.15, 0.2) is 24.5 Å². The molecule has 1 aromatic heterocycles. The van der Waals surface area contributed by atoms with Crippen LogP contribution in [0.4, 0.5) is 5.69 Å². The fourth-order valence-electron chi connectivity index (χ4n) is 1.22. The molecular formula is C10H6N6. The number of nitrogens with two attached hydrogens (primary N) is 1.